The average molecular weight is 402 g/mol. The van der Waals surface area contributed by atoms with Crippen LogP contribution in [0.4, 0.5) is 15.9 Å². The maximum Gasteiger partial charge on any atom is 0.240 e. The summed E-state index contributed by atoms with van der Waals surface area (Å²) in [6, 6.07) is 18.8. The second kappa shape index (κ2) is 8.65. The van der Waals surface area contributed by atoms with Crippen molar-refractivity contribution in [2.45, 2.75) is 13.0 Å². The second-order valence-electron chi connectivity index (χ2n) is 6.83. The van der Waals surface area contributed by atoms with E-state index in [4.69, 9.17) is 0 Å². The summed E-state index contributed by atoms with van der Waals surface area (Å²) in [7, 11) is 0. The highest BCUT2D eigenvalue weighted by atomic mass is 19.1. The van der Waals surface area contributed by atoms with Crippen molar-refractivity contribution in [1.29, 1.82) is 0 Å². The molecule has 0 radical (unpaired) electrons. The Labute approximate surface area is 173 Å². The minimum Gasteiger partial charge on any atom is -0.350 e. The molecule has 0 atom stereocenters. The van der Waals surface area contributed by atoms with Crippen LogP contribution in [-0.4, -0.2) is 29.1 Å². The van der Waals surface area contributed by atoms with Crippen molar-refractivity contribution in [2.75, 3.05) is 11.4 Å². The molecular formula is C23H19FN4O2. The topological polar surface area (TPSA) is 74.7 Å². The predicted octanol–water partition coefficient (Wildman–Crippen LogP) is 3.39. The van der Waals surface area contributed by atoms with Gasteiger partial charge in [-0.2, -0.15) is 0 Å². The smallest absolute Gasteiger partial charge is 0.240 e. The normalized spacial score (nSPS) is 13.3. The van der Waals surface area contributed by atoms with Crippen molar-refractivity contribution >= 4 is 29.0 Å². The first kappa shape index (κ1) is 19.4. The van der Waals surface area contributed by atoms with E-state index in [2.05, 4.69) is 15.3 Å². The molecule has 1 N–H and O–H groups in total. The van der Waals surface area contributed by atoms with E-state index in [1.165, 1.54) is 17.0 Å². The van der Waals surface area contributed by atoms with Crippen LogP contribution in [0.15, 0.2) is 77.9 Å². The first-order valence-electron chi connectivity index (χ1n) is 9.49. The molecule has 2 amide bonds. The number of hydrogen-bond acceptors (Lipinski definition) is 4. The number of pyridine rings is 1. The van der Waals surface area contributed by atoms with Gasteiger partial charge in [0.2, 0.25) is 11.8 Å². The van der Waals surface area contributed by atoms with Crippen LogP contribution in [0.1, 0.15) is 17.5 Å². The van der Waals surface area contributed by atoms with Crippen LogP contribution < -0.4 is 10.2 Å². The van der Waals surface area contributed by atoms with Gasteiger partial charge in [0.25, 0.3) is 0 Å². The molecule has 150 valence electrons. The van der Waals surface area contributed by atoms with Gasteiger partial charge in [-0.1, -0.05) is 42.5 Å². The van der Waals surface area contributed by atoms with E-state index in [0.717, 1.165) is 5.56 Å². The summed E-state index contributed by atoms with van der Waals surface area (Å²) < 4.78 is 13.3. The number of fused-ring (bicyclic) bond motifs is 1. The van der Waals surface area contributed by atoms with Crippen LogP contribution in [0.5, 0.6) is 0 Å². The third kappa shape index (κ3) is 4.41. The Balaban J connectivity index is 1.55. The molecule has 1 aliphatic rings. The Hall–Kier alpha value is -3.87. The number of aromatic nitrogens is 1. The van der Waals surface area contributed by atoms with Crippen molar-refractivity contribution in [2.24, 2.45) is 4.99 Å². The molecule has 0 fully saturated rings. The fourth-order valence-corrected chi connectivity index (χ4v) is 3.19. The van der Waals surface area contributed by atoms with Gasteiger partial charge < -0.3 is 5.32 Å². The lowest BCUT2D eigenvalue weighted by Gasteiger charge is -2.20. The summed E-state index contributed by atoms with van der Waals surface area (Å²) in [6.45, 7) is 0.204. The molecule has 0 spiro atoms. The summed E-state index contributed by atoms with van der Waals surface area (Å²) in [6.07, 6.45) is 1.54. The van der Waals surface area contributed by atoms with Crippen LogP contribution in [0.3, 0.4) is 0 Å². The molecule has 0 saturated carbocycles. The molecule has 4 rings (SSSR count). The maximum absolute atomic E-state index is 13.3. The fraction of sp³-hybridized carbons (Fsp3) is 0.130. The lowest BCUT2D eigenvalue weighted by Crippen LogP contribution is -2.41. The minimum absolute atomic E-state index is 0.0199. The Morgan fingerprint density at radius 1 is 1.03 bits per heavy atom. The molecule has 1 aromatic heterocycles. The van der Waals surface area contributed by atoms with E-state index in [0.29, 0.717) is 29.3 Å². The molecule has 3 aromatic rings. The minimum atomic E-state index is -0.363. The molecule has 7 heteroatoms. The quantitative estimate of drug-likeness (QED) is 0.711. The average Bonchev–Trinajstić information content (AvgIpc) is 2.90. The number of nitrogens with one attached hydrogen (secondary N) is 1. The van der Waals surface area contributed by atoms with Crippen molar-refractivity contribution < 1.29 is 14.0 Å². The van der Waals surface area contributed by atoms with Gasteiger partial charge in [-0.25, -0.2) is 14.4 Å². The lowest BCUT2D eigenvalue weighted by molar-refractivity contribution is -0.123. The van der Waals surface area contributed by atoms with Gasteiger partial charge in [-0.3, -0.25) is 14.5 Å². The standard InChI is InChI=1S/C23H19FN4O2/c24-18-10-8-17(9-11-18)20-13-22(30)28(23-19(27-20)7-4-12-25-23)15-21(29)26-14-16-5-2-1-3-6-16/h1-12H,13-15H2,(H,26,29). The predicted molar refractivity (Wildman–Crippen MR) is 112 cm³/mol. The summed E-state index contributed by atoms with van der Waals surface area (Å²) in [4.78, 5) is 35.7. The molecule has 0 bridgehead atoms. The number of rotatable bonds is 5. The largest absolute Gasteiger partial charge is 0.350 e. The second-order valence-corrected chi connectivity index (χ2v) is 6.83. The molecule has 0 saturated heterocycles. The zero-order chi connectivity index (χ0) is 20.9. The van der Waals surface area contributed by atoms with Gasteiger partial charge in [0, 0.05) is 12.7 Å². The Bertz CT molecular complexity index is 1100. The number of aliphatic imine (C=N–C) groups is 1. The third-order valence-corrected chi connectivity index (χ3v) is 4.71. The van der Waals surface area contributed by atoms with Gasteiger partial charge in [0.1, 0.15) is 18.0 Å². The highest BCUT2D eigenvalue weighted by Crippen LogP contribution is 2.30. The molecule has 2 aromatic carbocycles. The number of benzene rings is 2. The number of anilines is 1. The summed E-state index contributed by atoms with van der Waals surface area (Å²) in [5, 5.41) is 2.83. The van der Waals surface area contributed by atoms with E-state index in [1.807, 2.05) is 30.3 Å². The monoisotopic (exact) mass is 402 g/mol. The zero-order valence-electron chi connectivity index (χ0n) is 16.1. The lowest BCUT2D eigenvalue weighted by atomic mass is 10.1. The van der Waals surface area contributed by atoms with Crippen molar-refractivity contribution in [3.8, 4) is 0 Å². The van der Waals surface area contributed by atoms with Crippen LogP contribution in [-0.2, 0) is 16.1 Å². The highest BCUT2D eigenvalue weighted by molar-refractivity contribution is 6.18. The molecule has 6 nitrogen and oxygen atoms in total. The SMILES string of the molecule is O=C(CN1C(=O)CC(c2ccc(F)cc2)=Nc2cccnc21)NCc1ccccc1. The Morgan fingerprint density at radius 3 is 2.57 bits per heavy atom. The number of halogens is 1. The molecule has 30 heavy (non-hydrogen) atoms. The van der Waals surface area contributed by atoms with E-state index >= 15 is 0 Å². The fourth-order valence-electron chi connectivity index (χ4n) is 3.19. The summed E-state index contributed by atoms with van der Waals surface area (Å²) in [5.74, 6) is -0.632. The van der Waals surface area contributed by atoms with Gasteiger partial charge in [0.05, 0.1) is 12.1 Å². The molecular weight excluding hydrogens is 383 g/mol. The van der Waals surface area contributed by atoms with Gasteiger partial charge in [-0.05, 0) is 35.4 Å². The zero-order valence-corrected chi connectivity index (χ0v) is 16.1. The molecule has 0 unspecified atom stereocenters. The first-order valence-corrected chi connectivity index (χ1v) is 9.49. The van der Waals surface area contributed by atoms with Crippen molar-refractivity contribution in [3.05, 3.63) is 89.9 Å². The number of hydrogen-bond donors (Lipinski definition) is 1. The van der Waals surface area contributed by atoms with Crippen LogP contribution in [0.2, 0.25) is 0 Å². The van der Waals surface area contributed by atoms with Gasteiger partial charge >= 0.3 is 0 Å². The van der Waals surface area contributed by atoms with E-state index in [1.54, 1.807) is 30.5 Å². The summed E-state index contributed by atoms with van der Waals surface area (Å²) in [5.41, 5.74) is 2.60. The Kier molecular flexibility index (Phi) is 5.61. The van der Waals surface area contributed by atoms with Crippen LogP contribution in [0.25, 0.3) is 0 Å². The van der Waals surface area contributed by atoms with Crippen molar-refractivity contribution in [3.63, 3.8) is 0 Å². The number of carbonyl (C=O) groups excluding carboxylic acids is 2. The van der Waals surface area contributed by atoms with Gasteiger partial charge in [-0.15, -0.1) is 0 Å². The molecule has 0 aliphatic carbocycles. The van der Waals surface area contributed by atoms with Crippen LogP contribution >= 0.6 is 0 Å². The maximum atomic E-state index is 13.3. The van der Waals surface area contributed by atoms with E-state index in [9.17, 15) is 14.0 Å². The van der Waals surface area contributed by atoms with Crippen LogP contribution in [0, 0.1) is 5.82 Å². The number of carbonyl (C=O) groups is 2. The molecule has 1 aliphatic heterocycles. The van der Waals surface area contributed by atoms with Crippen molar-refractivity contribution in [1.82, 2.24) is 10.3 Å². The van der Waals surface area contributed by atoms with Gasteiger partial charge in [0.15, 0.2) is 5.82 Å². The summed E-state index contributed by atoms with van der Waals surface area (Å²) >= 11 is 0. The highest BCUT2D eigenvalue weighted by Gasteiger charge is 2.27. The van der Waals surface area contributed by atoms with E-state index < -0.39 is 0 Å². The number of amides is 2. The van der Waals surface area contributed by atoms with E-state index in [-0.39, 0.29) is 30.6 Å². The third-order valence-electron chi connectivity index (χ3n) is 4.71. The first-order chi connectivity index (χ1) is 14.6. The number of nitrogens with zero attached hydrogens (tertiary/aromatic N) is 3. The molecule has 2 heterocycles. The Morgan fingerprint density at radius 2 is 1.80 bits per heavy atom.